The van der Waals surface area contributed by atoms with Crippen LogP contribution in [0.3, 0.4) is 0 Å². The van der Waals surface area contributed by atoms with E-state index in [1.54, 1.807) is 18.1 Å². The van der Waals surface area contributed by atoms with E-state index in [0.717, 1.165) is 11.3 Å². The number of hydrogen-bond donors (Lipinski definition) is 1. The number of carboxylic acids is 1. The third-order valence-electron chi connectivity index (χ3n) is 4.97. The Hall–Kier alpha value is -2.34. The first-order valence-electron chi connectivity index (χ1n) is 7.56. The number of aliphatic carboxylic acids is 1. The number of methoxy groups -OCH3 is 1. The zero-order valence-electron chi connectivity index (χ0n) is 12.6. The van der Waals surface area contributed by atoms with Gasteiger partial charge in [0.2, 0.25) is 5.91 Å². The molecule has 4 rings (SSSR count). The predicted molar refractivity (Wildman–Crippen MR) is 79.8 cm³/mol. The van der Waals surface area contributed by atoms with Crippen molar-refractivity contribution in [2.75, 3.05) is 13.7 Å². The first kappa shape index (κ1) is 14.3. The summed E-state index contributed by atoms with van der Waals surface area (Å²) in [6.07, 6.45) is 3.16. The van der Waals surface area contributed by atoms with Gasteiger partial charge >= 0.3 is 5.97 Å². The average Bonchev–Trinajstić information content (AvgIpc) is 3.16. The van der Waals surface area contributed by atoms with E-state index in [9.17, 15) is 14.7 Å². The molecule has 0 radical (unpaired) electrons. The number of carbonyl (C=O) groups is 2. The van der Waals surface area contributed by atoms with Gasteiger partial charge in [0.25, 0.3) is 0 Å². The van der Waals surface area contributed by atoms with Crippen molar-refractivity contribution >= 4 is 11.9 Å². The van der Waals surface area contributed by atoms with Crippen LogP contribution in [0.1, 0.15) is 5.56 Å². The number of benzene rings is 1. The number of carboxylic acid groups (broad SMARTS) is 1. The van der Waals surface area contributed by atoms with Crippen LogP contribution in [0, 0.1) is 11.8 Å². The van der Waals surface area contributed by atoms with E-state index in [1.807, 2.05) is 30.3 Å². The molecule has 6 heteroatoms. The highest BCUT2D eigenvalue weighted by molar-refractivity contribution is 5.90. The molecule has 1 N–H and O–H groups in total. The van der Waals surface area contributed by atoms with Crippen LogP contribution in [0.5, 0.6) is 5.75 Å². The van der Waals surface area contributed by atoms with Crippen molar-refractivity contribution in [2.24, 2.45) is 11.8 Å². The molecule has 0 aliphatic carbocycles. The van der Waals surface area contributed by atoms with Crippen LogP contribution in [-0.4, -0.2) is 47.2 Å². The minimum Gasteiger partial charge on any atom is -0.497 e. The molecule has 3 aliphatic rings. The molecule has 1 aromatic rings. The Morgan fingerprint density at radius 1 is 1.52 bits per heavy atom. The Morgan fingerprint density at radius 3 is 3.09 bits per heavy atom. The molecule has 3 aliphatic heterocycles. The molecule has 23 heavy (non-hydrogen) atoms. The fourth-order valence-electron chi connectivity index (χ4n) is 3.99. The first-order chi connectivity index (χ1) is 11.0. The highest BCUT2D eigenvalue weighted by atomic mass is 16.5. The maximum atomic E-state index is 12.8. The maximum absolute atomic E-state index is 12.8. The minimum atomic E-state index is -0.970. The van der Waals surface area contributed by atoms with Crippen LogP contribution in [-0.2, 0) is 20.9 Å². The number of nitrogens with zero attached hydrogens (tertiary/aromatic N) is 1. The molecule has 1 spiro atoms. The van der Waals surface area contributed by atoms with Gasteiger partial charge in [-0.1, -0.05) is 24.3 Å². The Morgan fingerprint density at radius 2 is 2.35 bits per heavy atom. The molecule has 6 nitrogen and oxygen atoms in total. The SMILES string of the molecule is COc1cccc(CN2CC34C=CC(O3)C(C(=O)O)C4C2=O)c1. The van der Waals surface area contributed by atoms with E-state index in [2.05, 4.69) is 0 Å². The highest BCUT2D eigenvalue weighted by Gasteiger charge is 2.66. The smallest absolute Gasteiger partial charge is 0.310 e. The zero-order chi connectivity index (χ0) is 16.2. The predicted octanol–water partition coefficient (Wildman–Crippen LogP) is 1.06. The standard InChI is InChI=1S/C17H17NO5/c1-22-11-4-2-3-10(7-11)8-18-9-17-6-5-12(23-17)13(16(20)21)14(17)15(18)19/h2-7,12-14H,8-9H2,1H3,(H,20,21). The first-order valence-corrected chi connectivity index (χ1v) is 7.56. The molecule has 120 valence electrons. The molecule has 2 fully saturated rings. The van der Waals surface area contributed by atoms with Gasteiger partial charge in [-0.3, -0.25) is 9.59 Å². The van der Waals surface area contributed by atoms with Crippen LogP contribution in [0.4, 0.5) is 0 Å². The van der Waals surface area contributed by atoms with Crippen LogP contribution >= 0.6 is 0 Å². The van der Waals surface area contributed by atoms with Crippen molar-refractivity contribution in [3.05, 3.63) is 42.0 Å². The third-order valence-corrected chi connectivity index (χ3v) is 4.97. The number of fused-ring (bicyclic) bond motifs is 1. The van der Waals surface area contributed by atoms with Gasteiger partial charge in [-0.2, -0.15) is 0 Å². The number of ether oxygens (including phenoxy) is 2. The summed E-state index contributed by atoms with van der Waals surface area (Å²) in [5.74, 6) is -1.80. The van der Waals surface area contributed by atoms with Crippen molar-refractivity contribution in [3.8, 4) is 5.75 Å². The summed E-state index contributed by atoms with van der Waals surface area (Å²) in [5, 5.41) is 9.44. The van der Waals surface area contributed by atoms with Gasteiger partial charge in [0.05, 0.1) is 25.7 Å². The van der Waals surface area contributed by atoms with E-state index in [0.29, 0.717) is 13.1 Å². The van der Waals surface area contributed by atoms with Crippen molar-refractivity contribution in [1.82, 2.24) is 4.90 Å². The van der Waals surface area contributed by atoms with Gasteiger partial charge < -0.3 is 19.5 Å². The van der Waals surface area contributed by atoms with Gasteiger partial charge in [0.1, 0.15) is 17.3 Å². The molecule has 1 aromatic carbocycles. The van der Waals surface area contributed by atoms with E-state index < -0.39 is 29.5 Å². The Bertz CT molecular complexity index is 715. The molecule has 4 atom stereocenters. The second kappa shape index (κ2) is 4.83. The fraction of sp³-hybridized carbons (Fsp3) is 0.412. The summed E-state index contributed by atoms with van der Waals surface area (Å²) in [4.78, 5) is 26.0. The molecule has 2 saturated heterocycles. The Kier molecular flexibility index (Phi) is 2.99. The summed E-state index contributed by atoms with van der Waals surface area (Å²) in [7, 11) is 1.60. The van der Waals surface area contributed by atoms with Crippen molar-refractivity contribution in [1.29, 1.82) is 0 Å². The van der Waals surface area contributed by atoms with E-state index >= 15 is 0 Å². The number of hydrogen-bond acceptors (Lipinski definition) is 4. The van der Waals surface area contributed by atoms with Gasteiger partial charge in [0.15, 0.2) is 0 Å². The van der Waals surface area contributed by atoms with Crippen LogP contribution in [0.25, 0.3) is 0 Å². The Balaban J connectivity index is 1.60. The highest BCUT2D eigenvalue weighted by Crippen LogP contribution is 2.52. The zero-order valence-corrected chi connectivity index (χ0v) is 12.6. The number of likely N-dealkylation sites (tertiary alicyclic amines) is 1. The van der Waals surface area contributed by atoms with Gasteiger partial charge in [-0.15, -0.1) is 0 Å². The van der Waals surface area contributed by atoms with Gasteiger partial charge in [0, 0.05) is 6.54 Å². The molecule has 1 amide bonds. The number of rotatable bonds is 4. The molecule has 0 aromatic heterocycles. The number of amides is 1. The largest absolute Gasteiger partial charge is 0.497 e. The van der Waals surface area contributed by atoms with Crippen molar-refractivity contribution < 1.29 is 24.2 Å². The molecular weight excluding hydrogens is 298 g/mol. The molecule has 4 unspecified atom stereocenters. The molecular formula is C17H17NO5. The summed E-state index contributed by atoms with van der Waals surface area (Å²) >= 11 is 0. The lowest BCUT2D eigenvalue weighted by Gasteiger charge is -2.21. The van der Waals surface area contributed by atoms with Crippen LogP contribution in [0.2, 0.25) is 0 Å². The van der Waals surface area contributed by atoms with E-state index in [1.165, 1.54) is 0 Å². The Labute approximate surface area is 133 Å². The van der Waals surface area contributed by atoms with E-state index in [-0.39, 0.29) is 5.91 Å². The van der Waals surface area contributed by atoms with Gasteiger partial charge in [-0.25, -0.2) is 0 Å². The fourth-order valence-corrected chi connectivity index (χ4v) is 3.99. The second-order valence-electron chi connectivity index (χ2n) is 6.28. The lowest BCUT2D eigenvalue weighted by molar-refractivity contribution is -0.148. The summed E-state index contributed by atoms with van der Waals surface area (Å²) in [6, 6.07) is 7.51. The quantitative estimate of drug-likeness (QED) is 0.841. The topological polar surface area (TPSA) is 76.1 Å². The summed E-state index contributed by atoms with van der Waals surface area (Å²) in [6.45, 7) is 0.812. The maximum Gasteiger partial charge on any atom is 0.310 e. The summed E-state index contributed by atoms with van der Waals surface area (Å²) in [5.41, 5.74) is 0.170. The molecule has 0 saturated carbocycles. The van der Waals surface area contributed by atoms with Crippen molar-refractivity contribution in [2.45, 2.75) is 18.2 Å². The minimum absolute atomic E-state index is 0.146. The lowest BCUT2D eigenvalue weighted by Crippen LogP contribution is -2.39. The van der Waals surface area contributed by atoms with E-state index in [4.69, 9.17) is 9.47 Å². The molecule has 2 bridgehead atoms. The third kappa shape index (κ3) is 1.98. The average molecular weight is 315 g/mol. The monoisotopic (exact) mass is 315 g/mol. The second-order valence-corrected chi connectivity index (χ2v) is 6.28. The van der Waals surface area contributed by atoms with Crippen molar-refractivity contribution in [3.63, 3.8) is 0 Å². The lowest BCUT2D eigenvalue weighted by atomic mass is 9.77. The molecule has 3 heterocycles. The summed E-state index contributed by atoms with van der Waals surface area (Å²) < 4.78 is 11.1. The van der Waals surface area contributed by atoms with Gasteiger partial charge in [-0.05, 0) is 17.7 Å². The normalized spacial score (nSPS) is 34.0. The van der Waals surface area contributed by atoms with Crippen LogP contribution < -0.4 is 4.74 Å². The number of carbonyl (C=O) groups excluding carboxylic acids is 1. The van der Waals surface area contributed by atoms with Crippen LogP contribution in [0.15, 0.2) is 36.4 Å².